The third kappa shape index (κ3) is 4.11. The molecular formula is C23H23N3O4. The van der Waals surface area contributed by atoms with Gasteiger partial charge >= 0.3 is 5.63 Å². The van der Waals surface area contributed by atoms with Gasteiger partial charge in [-0.3, -0.25) is 9.78 Å². The molecule has 3 aromatic rings. The largest absolute Gasteiger partial charge is 0.506 e. The number of pyridine rings is 1. The summed E-state index contributed by atoms with van der Waals surface area (Å²) < 4.78 is 5.49. The van der Waals surface area contributed by atoms with Crippen LogP contribution in [0, 0.1) is 6.92 Å². The van der Waals surface area contributed by atoms with Crippen molar-refractivity contribution in [2.75, 3.05) is 18.4 Å². The Hall–Kier alpha value is -3.45. The van der Waals surface area contributed by atoms with Crippen molar-refractivity contribution in [2.45, 2.75) is 25.7 Å². The molecule has 7 nitrogen and oxygen atoms in total. The number of nitrogens with one attached hydrogen (secondary N) is 2. The lowest BCUT2D eigenvalue weighted by Gasteiger charge is -2.22. The Bertz CT molecular complexity index is 1120. The molecule has 1 aliphatic heterocycles. The van der Waals surface area contributed by atoms with Crippen molar-refractivity contribution in [1.29, 1.82) is 0 Å². The SMILES string of the molecule is Cc1cc(C2CCCNC2)oc(=O)c1C(=O)Nc1ccc(-c2ncccc2O)cc1. The van der Waals surface area contributed by atoms with Gasteiger partial charge in [0.15, 0.2) is 0 Å². The Labute approximate surface area is 173 Å². The number of hydrogen-bond donors (Lipinski definition) is 3. The highest BCUT2D eigenvalue weighted by atomic mass is 16.4. The first-order valence-electron chi connectivity index (χ1n) is 9.94. The topological polar surface area (TPSA) is 104 Å². The summed E-state index contributed by atoms with van der Waals surface area (Å²) in [5, 5.41) is 16.0. The molecule has 3 heterocycles. The molecule has 30 heavy (non-hydrogen) atoms. The van der Waals surface area contributed by atoms with E-state index in [4.69, 9.17) is 4.42 Å². The third-order valence-electron chi connectivity index (χ3n) is 5.30. The number of nitrogens with zero attached hydrogens (tertiary/aromatic N) is 1. The van der Waals surface area contributed by atoms with E-state index in [1.54, 1.807) is 55.6 Å². The van der Waals surface area contributed by atoms with Gasteiger partial charge in [-0.2, -0.15) is 0 Å². The second-order valence-corrected chi connectivity index (χ2v) is 7.44. The highest BCUT2D eigenvalue weighted by molar-refractivity contribution is 6.05. The molecular weight excluding hydrogens is 382 g/mol. The zero-order valence-electron chi connectivity index (χ0n) is 16.6. The molecule has 0 saturated carbocycles. The fourth-order valence-electron chi connectivity index (χ4n) is 3.73. The van der Waals surface area contributed by atoms with Crippen molar-refractivity contribution in [3.05, 3.63) is 76.0 Å². The molecule has 7 heteroatoms. The van der Waals surface area contributed by atoms with E-state index in [2.05, 4.69) is 15.6 Å². The normalized spacial score (nSPS) is 16.2. The van der Waals surface area contributed by atoms with E-state index in [0.717, 1.165) is 25.9 Å². The van der Waals surface area contributed by atoms with Crippen LogP contribution in [0.3, 0.4) is 0 Å². The van der Waals surface area contributed by atoms with Crippen molar-refractivity contribution >= 4 is 11.6 Å². The van der Waals surface area contributed by atoms with Crippen molar-refractivity contribution in [3.8, 4) is 17.0 Å². The Morgan fingerprint density at radius 3 is 2.73 bits per heavy atom. The predicted molar refractivity (Wildman–Crippen MR) is 114 cm³/mol. The maximum atomic E-state index is 12.7. The number of aryl methyl sites for hydroxylation is 1. The summed E-state index contributed by atoms with van der Waals surface area (Å²) in [4.78, 5) is 29.4. The number of anilines is 1. The molecule has 0 bridgehead atoms. The summed E-state index contributed by atoms with van der Waals surface area (Å²) in [7, 11) is 0. The lowest BCUT2D eigenvalue weighted by atomic mass is 9.95. The van der Waals surface area contributed by atoms with Gasteiger partial charge in [-0.05, 0) is 62.2 Å². The van der Waals surface area contributed by atoms with Gasteiger partial charge in [-0.1, -0.05) is 12.1 Å². The molecule has 1 fully saturated rings. The van der Waals surface area contributed by atoms with E-state index >= 15 is 0 Å². The van der Waals surface area contributed by atoms with Gasteiger partial charge in [0.05, 0.1) is 0 Å². The molecule has 4 rings (SSSR count). The van der Waals surface area contributed by atoms with Gasteiger partial charge in [0.25, 0.3) is 5.91 Å². The van der Waals surface area contributed by atoms with E-state index in [1.807, 2.05) is 0 Å². The van der Waals surface area contributed by atoms with Gasteiger partial charge in [-0.25, -0.2) is 4.79 Å². The lowest BCUT2D eigenvalue weighted by molar-refractivity contribution is 0.102. The zero-order chi connectivity index (χ0) is 21.1. The summed E-state index contributed by atoms with van der Waals surface area (Å²) in [5.41, 5.74) is 1.68. The first-order chi connectivity index (χ1) is 14.5. The average molecular weight is 405 g/mol. The summed E-state index contributed by atoms with van der Waals surface area (Å²) in [6.07, 6.45) is 3.58. The van der Waals surface area contributed by atoms with Crippen LogP contribution >= 0.6 is 0 Å². The summed E-state index contributed by atoms with van der Waals surface area (Å²) in [5.74, 6) is 0.345. The monoisotopic (exact) mass is 405 g/mol. The predicted octanol–water partition coefficient (Wildman–Crippen LogP) is 3.44. The molecule has 1 unspecified atom stereocenters. The van der Waals surface area contributed by atoms with E-state index in [-0.39, 0.29) is 17.2 Å². The van der Waals surface area contributed by atoms with Crippen LogP contribution in [0.15, 0.2) is 57.9 Å². The molecule has 154 valence electrons. The molecule has 0 aliphatic carbocycles. The van der Waals surface area contributed by atoms with Crippen LogP contribution in [-0.2, 0) is 0 Å². The first kappa shape index (κ1) is 19.8. The van der Waals surface area contributed by atoms with Crippen LogP contribution in [0.4, 0.5) is 5.69 Å². The number of rotatable bonds is 4. The summed E-state index contributed by atoms with van der Waals surface area (Å²) >= 11 is 0. The van der Waals surface area contributed by atoms with Gasteiger partial charge in [0.2, 0.25) is 0 Å². The van der Waals surface area contributed by atoms with Crippen molar-refractivity contribution in [2.24, 2.45) is 0 Å². The number of carbonyl (C=O) groups is 1. The standard InChI is InChI=1S/C23H23N3O4/c1-14-12-19(16-4-2-10-24-13-16)30-23(29)20(14)22(28)26-17-8-6-15(7-9-17)21-18(27)5-3-11-25-21/h3,5-9,11-12,16,24,27H,2,4,10,13H2,1H3,(H,26,28). The van der Waals surface area contributed by atoms with E-state index < -0.39 is 11.5 Å². The third-order valence-corrected chi connectivity index (χ3v) is 5.30. The molecule has 1 amide bonds. The highest BCUT2D eigenvalue weighted by Crippen LogP contribution is 2.27. The maximum Gasteiger partial charge on any atom is 0.349 e. The van der Waals surface area contributed by atoms with Crippen molar-refractivity contribution < 1.29 is 14.3 Å². The fraction of sp³-hybridized carbons (Fsp3) is 0.261. The van der Waals surface area contributed by atoms with Crippen LogP contribution < -0.4 is 16.3 Å². The van der Waals surface area contributed by atoms with Gasteiger partial charge < -0.3 is 20.2 Å². The molecule has 1 atom stereocenters. The number of aromatic hydroxyl groups is 1. The lowest BCUT2D eigenvalue weighted by Crippen LogP contribution is -2.30. The molecule has 1 saturated heterocycles. The minimum absolute atomic E-state index is 0.00830. The number of piperidine rings is 1. The average Bonchev–Trinajstić information content (AvgIpc) is 2.75. The highest BCUT2D eigenvalue weighted by Gasteiger charge is 2.22. The minimum atomic E-state index is -0.622. The minimum Gasteiger partial charge on any atom is -0.506 e. The first-order valence-corrected chi connectivity index (χ1v) is 9.94. The zero-order valence-corrected chi connectivity index (χ0v) is 16.6. The van der Waals surface area contributed by atoms with Crippen molar-refractivity contribution in [1.82, 2.24) is 10.3 Å². The Morgan fingerprint density at radius 1 is 1.27 bits per heavy atom. The van der Waals surface area contributed by atoms with Gasteiger partial charge in [-0.15, -0.1) is 0 Å². The van der Waals surface area contributed by atoms with E-state index in [0.29, 0.717) is 28.3 Å². The number of benzene rings is 1. The quantitative estimate of drug-likeness (QED) is 0.614. The summed E-state index contributed by atoms with van der Waals surface area (Å²) in [6.45, 7) is 3.49. The smallest absolute Gasteiger partial charge is 0.349 e. The number of hydrogen-bond acceptors (Lipinski definition) is 6. The molecule has 3 N–H and O–H groups in total. The number of aromatic nitrogens is 1. The molecule has 0 spiro atoms. The number of carbonyl (C=O) groups excluding carboxylic acids is 1. The maximum absolute atomic E-state index is 12.7. The Kier molecular flexibility index (Phi) is 5.63. The molecule has 0 radical (unpaired) electrons. The van der Waals surface area contributed by atoms with E-state index in [9.17, 15) is 14.7 Å². The Balaban J connectivity index is 1.52. The van der Waals surface area contributed by atoms with Crippen LogP contribution in [0.1, 0.15) is 40.4 Å². The fourth-order valence-corrected chi connectivity index (χ4v) is 3.73. The number of amides is 1. The van der Waals surface area contributed by atoms with Crippen LogP contribution in [0.25, 0.3) is 11.3 Å². The second-order valence-electron chi connectivity index (χ2n) is 7.44. The van der Waals surface area contributed by atoms with Crippen LogP contribution in [0.2, 0.25) is 0 Å². The summed E-state index contributed by atoms with van der Waals surface area (Å²) in [6, 6.07) is 11.9. The van der Waals surface area contributed by atoms with E-state index in [1.165, 1.54) is 0 Å². The van der Waals surface area contributed by atoms with Crippen molar-refractivity contribution in [3.63, 3.8) is 0 Å². The molecule has 2 aromatic heterocycles. The molecule has 1 aliphatic rings. The van der Waals surface area contributed by atoms with Crippen LogP contribution in [0.5, 0.6) is 5.75 Å². The Morgan fingerprint density at radius 2 is 2.07 bits per heavy atom. The van der Waals surface area contributed by atoms with Crippen LogP contribution in [-0.4, -0.2) is 29.1 Å². The molecule has 1 aromatic carbocycles. The van der Waals surface area contributed by atoms with Gasteiger partial charge in [0, 0.05) is 29.9 Å². The van der Waals surface area contributed by atoms with Gasteiger partial charge in [0.1, 0.15) is 22.8 Å². The second kappa shape index (κ2) is 8.51.